The van der Waals surface area contributed by atoms with Crippen LogP contribution in [0.15, 0.2) is 18.2 Å². The number of aromatic amines is 1. The standard InChI is InChI=1S/C13H11Cl2N3O2/c14-9-2-1-7(5-10(9)15)16-13(19)12-8-6-20-4-3-11(8)17-18-12/h1-2,5H,3-4,6H2,(H,16,19)(H,17,18). The van der Waals surface area contributed by atoms with E-state index in [2.05, 4.69) is 15.5 Å². The number of anilines is 1. The number of nitrogens with zero attached hydrogens (tertiary/aromatic N) is 1. The van der Waals surface area contributed by atoms with Gasteiger partial charge in [0.1, 0.15) is 0 Å². The van der Waals surface area contributed by atoms with Crippen LogP contribution in [0.25, 0.3) is 0 Å². The van der Waals surface area contributed by atoms with Crippen LogP contribution in [0.1, 0.15) is 21.7 Å². The number of halogens is 2. The molecule has 2 heterocycles. The van der Waals surface area contributed by atoms with Gasteiger partial charge in [-0.2, -0.15) is 5.10 Å². The van der Waals surface area contributed by atoms with Crippen LogP contribution in [-0.2, 0) is 17.8 Å². The number of amides is 1. The molecular formula is C13H11Cl2N3O2. The Bertz CT molecular complexity index is 670. The van der Waals surface area contributed by atoms with Crippen LogP contribution in [0.5, 0.6) is 0 Å². The Morgan fingerprint density at radius 1 is 1.35 bits per heavy atom. The lowest BCUT2D eigenvalue weighted by molar-refractivity contribution is 0.0985. The third-order valence-corrected chi connectivity index (χ3v) is 3.83. The highest BCUT2D eigenvalue weighted by Crippen LogP contribution is 2.26. The van der Waals surface area contributed by atoms with E-state index in [-0.39, 0.29) is 5.91 Å². The van der Waals surface area contributed by atoms with E-state index in [0.717, 1.165) is 17.7 Å². The van der Waals surface area contributed by atoms with Gasteiger partial charge >= 0.3 is 0 Å². The summed E-state index contributed by atoms with van der Waals surface area (Å²) in [5.74, 6) is -0.300. The van der Waals surface area contributed by atoms with E-state index in [1.807, 2.05) is 0 Å². The molecule has 0 unspecified atom stereocenters. The fourth-order valence-corrected chi connectivity index (χ4v) is 2.36. The minimum atomic E-state index is -0.300. The average Bonchev–Trinajstić information content (AvgIpc) is 2.87. The second-order valence-corrected chi connectivity index (χ2v) is 5.23. The Kier molecular flexibility index (Phi) is 3.65. The molecule has 0 saturated carbocycles. The number of hydrogen-bond donors (Lipinski definition) is 2. The zero-order chi connectivity index (χ0) is 14.1. The molecule has 0 radical (unpaired) electrons. The molecular weight excluding hydrogens is 301 g/mol. The van der Waals surface area contributed by atoms with Gasteiger partial charge < -0.3 is 10.1 Å². The van der Waals surface area contributed by atoms with Crippen molar-refractivity contribution in [3.05, 3.63) is 45.2 Å². The largest absolute Gasteiger partial charge is 0.376 e. The maximum Gasteiger partial charge on any atom is 0.276 e. The van der Waals surface area contributed by atoms with Gasteiger partial charge in [0.2, 0.25) is 0 Å². The molecule has 3 rings (SSSR count). The van der Waals surface area contributed by atoms with Crippen LogP contribution >= 0.6 is 23.2 Å². The molecule has 0 saturated heterocycles. The molecule has 1 aliphatic rings. The first kappa shape index (κ1) is 13.4. The van der Waals surface area contributed by atoms with Crippen LogP contribution in [0.3, 0.4) is 0 Å². The number of hydrogen-bond acceptors (Lipinski definition) is 3. The predicted octanol–water partition coefficient (Wildman–Crippen LogP) is 3.04. The Balaban J connectivity index is 1.82. The molecule has 5 nitrogen and oxygen atoms in total. The van der Waals surface area contributed by atoms with Crippen LogP contribution in [0.4, 0.5) is 5.69 Å². The van der Waals surface area contributed by atoms with Gasteiger partial charge in [-0.1, -0.05) is 23.2 Å². The molecule has 2 N–H and O–H groups in total. The van der Waals surface area contributed by atoms with Crippen LogP contribution in [0.2, 0.25) is 10.0 Å². The third-order valence-electron chi connectivity index (χ3n) is 3.09. The first-order valence-corrected chi connectivity index (χ1v) is 6.81. The molecule has 0 spiro atoms. The van der Waals surface area contributed by atoms with Crippen molar-refractivity contribution < 1.29 is 9.53 Å². The molecule has 104 valence electrons. The summed E-state index contributed by atoms with van der Waals surface area (Å²) in [7, 11) is 0. The van der Waals surface area contributed by atoms with Crippen molar-refractivity contribution in [3.8, 4) is 0 Å². The zero-order valence-corrected chi connectivity index (χ0v) is 11.9. The first-order valence-electron chi connectivity index (χ1n) is 6.05. The topological polar surface area (TPSA) is 67.0 Å². The molecule has 0 aliphatic carbocycles. The molecule has 1 aromatic carbocycles. The van der Waals surface area contributed by atoms with Gasteiger partial charge in [-0.25, -0.2) is 0 Å². The maximum atomic E-state index is 12.2. The Labute approximate surface area is 125 Å². The summed E-state index contributed by atoms with van der Waals surface area (Å²) in [6, 6.07) is 4.90. The van der Waals surface area contributed by atoms with Crippen molar-refractivity contribution in [1.82, 2.24) is 10.2 Å². The molecule has 0 atom stereocenters. The number of carbonyl (C=O) groups excluding carboxylic acids is 1. The molecule has 2 aromatic rings. The summed E-state index contributed by atoms with van der Waals surface area (Å²) in [5.41, 5.74) is 2.69. The van der Waals surface area contributed by atoms with Crippen LogP contribution in [-0.4, -0.2) is 22.7 Å². The number of fused-ring (bicyclic) bond motifs is 1. The molecule has 1 amide bonds. The van der Waals surface area contributed by atoms with E-state index >= 15 is 0 Å². The smallest absolute Gasteiger partial charge is 0.276 e. The number of benzene rings is 1. The van der Waals surface area contributed by atoms with Gasteiger partial charge in [0.05, 0.1) is 23.3 Å². The normalized spacial score (nSPS) is 13.9. The Morgan fingerprint density at radius 2 is 2.20 bits per heavy atom. The van der Waals surface area contributed by atoms with Gasteiger partial charge in [-0.05, 0) is 18.2 Å². The van der Waals surface area contributed by atoms with Crippen molar-refractivity contribution in [1.29, 1.82) is 0 Å². The molecule has 1 aliphatic heterocycles. The first-order chi connectivity index (χ1) is 9.65. The van der Waals surface area contributed by atoms with Gasteiger partial charge in [0.25, 0.3) is 5.91 Å². The van der Waals surface area contributed by atoms with E-state index in [9.17, 15) is 4.79 Å². The van der Waals surface area contributed by atoms with Crippen molar-refractivity contribution in [2.24, 2.45) is 0 Å². The molecule has 0 bridgehead atoms. The number of H-pyrrole nitrogens is 1. The number of aromatic nitrogens is 2. The van der Waals surface area contributed by atoms with E-state index in [1.54, 1.807) is 18.2 Å². The number of nitrogens with one attached hydrogen (secondary N) is 2. The minimum absolute atomic E-state index is 0.300. The summed E-state index contributed by atoms with van der Waals surface area (Å²) < 4.78 is 5.35. The highest BCUT2D eigenvalue weighted by molar-refractivity contribution is 6.42. The quantitative estimate of drug-likeness (QED) is 0.895. The van der Waals surface area contributed by atoms with Crippen LogP contribution < -0.4 is 5.32 Å². The number of ether oxygens (including phenoxy) is 1. The van der Waals surface area contributed by atoms with Crippen molar-refractivity contribution in [2.75, 3.05) is 11.9 Å². The monoisotopic (exact) mass is 311 g/mol. The summed E-state index contributed by atoms with van der Waals surface area (Å²) in [6.07, 6.45) is 0.738. The molecule has 0 fully saturated rings. The average molecular weight is 312 g/mol. The fraction of sp³-hybridized carbons (Fsp3) is 0.231. The van der Waals surface area contributed by atoms with Crippen molar-refractivity contribution in [2.45, 2.75) is 13.0 Å². The lowest BCUT2D eigenvalue weighted by atomic mass is 10.1. The second kappa shape index (κ2) is 5.44. The molecule has 1 aromatic heterocycles. The van der Waals surface area contributed by atoms with Gasteiger partial charge in [-0.15, -0.1) is 0 Å². The highest BCUT2D eigenvalue weighted by Gasteiger charge is 2.22. The summed E-state index contributed by atoms with van der Waals surface area (Å²) in [5, 5.41) is 10.5. The second-order valence-electron chi connectivity index (χ2n) is 4.41. The number of carbonyl (C=O) groups is 1. The van der Waals surface area contributed by atoms with E-state index in [0.29, 0.717) is 34.6 Å². The third kappa shape index (κ3) is 2.52. The van der Waals surface area contributed by atoms with Crippen molar-refractivity contribution in [3.63, 3.8) is 0 Å². The molecule has 20 heavy (non-hydrogen) atoms. The Morgan fingerprint density at radius 3 is 3.00 bits per heavy atom. The highest BCUT2D eigenvalue weighted by atomic mass is 35.5. The van der Waals surface area contributed by atoms with E-state index < -0.39 is 0 Å². The fourth-order valence-electron chi connectivity index (χ4n) is 2.06. The van der Waals surface area contributed by atoms with Gasteiger partial charge in [0.15, 0.2) is 5.69 Å². The van der Waals surface area contributed by atoms with Gasteiger partial charge in [0, 0.05) is 23.4 Å². The SMILES string of the molecule is O=C(Nc1ccc(Cl)c(Cl)c1)c1n[nH]c2c1COCC2. The maximum absolute atomic E-state index is 12.2. The molecule has 7 heteroatoms. The Hall–Kier alpha value is -1.56. The summed E-state index contributed by atoms with van der Waals surface area (Å²) in [6.45, 7) is 1.04. The van der Waals surface area contributed by atoms with E-state index in [1.165, 1.54) is 0 Å². The van der Waals surface area contributed by atoms with Crippen molar-refractivity contribution >= 4 is 34.8 Å². The zero-order valence-electron chi connectivity index (χ0n) is 10.4. The van der Waals surface area contributed by atoms with Crippen LogP contribution in [0, 0.1) is 0 Å². The lowest BCUT2D eigenvalue weighted by Gasteiger charge is -2.12. The lowest BCUT2D eigenvalue weighted by Crippen LogP contribution is -2.17. The summed E-state index contributed by atoms with van der Waals surface area (Å²) in [4.78, 5) is 12.2. The van der Waals surface area contributed by atoms with Gasteiger partial charge in [-0.3, -0.25) is 9.89 Å². The minimum Gasteiger partial charge on any atom is -0.376 e. The predicted molar refractivity (Wildman–Crippen MR) is 76.4 cm³/mol. The summed E-state index contributed by atoms with van der Waals surface area (Å²) >= 11 is 11.7. The van der Waals surface area contributed by atoms with E-state index in [4.69, 9.17) is 27.9 Å². The number of rotatable bonds is 2.